The molecular formula is C42H30O12P2. The Kier molecular flexibility index (Phi) is 13.1. The van der Waals surface area contributed by atoms with E-state index in [0.29, 0.717) is 30.9 Å². The van der Waals surface area contributed by atoms with Gasteiger partial charge in [-0.05, 0) is 72.8 Å². The second-order valence-corrected chi connectivity index (χ2v) is 13.3. The molecule has 0 aliphatic heterocycles. The molecule has 0 radical (unpaired) electrons. The molecule has 280 valence electrons. The van der Waals surface area contributed by atoms with Crippen LogP contribution in [0.5, 0.6) is 40.2 Å². The van der Waals surface area contributed by atoms with Crippen molar-refractivity contribution in [3.63, 3.8) is 0 Å². The van der Waals surface area contributed by atoms with Crippen molar-refractivity contribution in [2.75, 3.05) is 7.11 Å². The maximum absolute atomic E-state index is 14.6. The molecule has 6 aromatic carbocycles. The first-order chi connectivity index (χ1) is 27.4. The molecule has 0 aliphatic carbocycles. The van der Waals surface area contributed by atoms with E-state index in [-0.39, 0.29) is 67.9 Å². The highest BCUT2D eigenvalue weighted by atomic mass is 31.2. The van der Waals surface area contributed by atoms with Crippen LogP contribution in [0, 0.1) is 0 Å². The molecule has 0 aliphatic rings. The number of aldehydes is 4. The first kappa shape index (κ1) is 38.8. The van der Waals surface area contributed by atoms with Crippen molar-refractivity contribution in [2.45, 2.75) is 0 Å². The Labute approximate surface area is 323 Å². The molecule has 0 saturated heterocycles. The summed E-state index contributed by atoms with van der Waals surface area (Å²) in [6.45, 7) is 0. The molecular weight excluding hydrogens is 758 g/mol. The summed E-state index contributed by atoms with van der Waals surface area (Å²) >= 11 is 0. The van der Waals surface area contributed by atoms with Crippen LogP contribution in [-0.2, 0) is 0 Å². The SMILES string of the molecule is COc1ccc(C(=O)c2ccccc2OP(Oc2ccccc2C=O)Oc2ccccc2C=O)c(OP(Oc2ccccc2C=O)Oc2ccccc2C=O)c1. The van der Waals surface area contributed by atoms with Crippen LogP contribution in [0.3, 0.4) is 0 Å². The number of carbonyl (C=O) groups is 5. The fraction of sp³-hybridized carbons (Fsp3) is 0.0238. The highest BCUT2D eigenvalue weighted by Gasteiger charge is 2.29. The molecule has 0 saturated carbocycles. The molecule has 6 aromatic rings. The van der Waals surface area contributed by atoms with Crippen LogP contribution in [0.15, 0.2) is 140 Å². The molecule has 0 aromatic heterocycles. The predicted molar refractivity (Wildman–Crippen MR) is 208 cm³/mol. The molecule has 0 amide bonds. The van der Waals surface area contributed by atoms with Crippen LogP contribution < -0.4 is 31.9 Å². The number of ether oxygens (including phenoxy) is 1. The van der Waals surface area contributed by atoms with E-state index in [1.54, 1.807) is 115 Å². The van der Waals surface area contributed by atoms with Gasteiger partial charge in [0.1, 0.15) is 40.2 Å². The Morgan fingerprint density at radius 3 is 1.12 bits per heavy atom. The summed E-state index contributed by atoms with van der Waals surface area (Å²) in [5, 5.41) is 0. The maximum atomic E-state index is 14.6. The van der Waals surface area contributed by atoms with Crippen LogP contribution in [-0.4, -0.2) is 38.0 Å². The van der Waals surface area contributed by atoms with Crippen molar-refractivity contribution in [2.24, 2.45) is 0 Å². The number of carbonyl (C=O) groups excluding carboxylic acids is 5. The maximum Gasteiger partial charge on any atom is 0.530 e. The first-order valence-corrected chi connectivity index (χ1v) is 18.8. The average molecular weight is 789 g/mol. The number of benzene rings is 6. The molecule has 0 bridgehead atoms. The van der Waals surface area contributed by atoms with E-state index in [2.05, 4.69) is 0 Å². The highest BCUT2D eigenvalue weighted by Crippen LogP contribution is 2.47. The van der Waals surface area contributed by atoms with Gasteiger partial charge < -0.3 is 31.9 Å². The van der Waals surface area contributed by atoms with Gasteiger partial charge in [0.25, 0.3) is 0 Å². The van der Waals surface area contributed by atoms with E-state index in [1.807, 2.05) is 0 Å². The van der Waals surface area contributed by atoms with Gasteiger partial charge in [-0.25, -0.2) is 0 Å². The summed E-state index contributed by atoms with van der Waals surface area (Å²) in [6.07, 6.45) is 2.44. The van der Waals surface area contributed by atoms with E-state index >= 15 is 0 Å². The molecule has 56 heavy (non-hydrogen) atoms. The zero-order valence-corrected chi connectivity index (χ0v) is 31.2. The van der Waals surface area contributed by atoms with Gasteiger partial charge in [-0.1, -0.05) is 60.7 Å². The molecule has 0 unspecified atom stereocenters. The third kappa shape index (κ3) is 9.43. The topological polar surface area (TPSA) is 150 Å². The van der Waals surface area contributed by atoms with Crippen LogP contribution in [0.1, 0.15) is 57.4 Å². The number of ketones is 1. The van der Waals surface area contributed by atoms with Gasteiger partial charge in [0.05, 0.1) is 40.5 Å². The summed E-state index contributed by atoms with van der Waals surface area (Å²) < 4.78 is 42.4. The number of para-hydroxylation sites is 5. The fourth-order valence-corrected chi connectivity index (χ4v) is 7.17. The molecule has 0 atom stereocenters. The van der Waals surface area contributed by atoms with E-state index in [0.717, 1.165) is 0 Å². The van der Waals surface area contributed by atoms with Gasteiger partial charge in [-0.15, -0.1) is 0 Å². The zero-order valence-electron chi connectivity index (χ0n) is 29.4. The zero-order chi connectivity index (χ0) is 39.3. The standard InChI is InChI=1S/C42H30O12P2/c1-48-33-22-23-35(41(24-33)54-56(51-38-19-9-4-14-31(38)27-45)52-39-20-10-5-15-32(39)28-46)42(47)34-16-6-11-21-40(34)53-55(49-36-17-7-2-12-29(36)25-43)50-37-18-8-3-13-30(37)26-44/h2-28H,1H3. The van der Waals surface area contributed by atoms with Crippen LogP contribution in [0.2, 0.25) is 0 Å². The fourth-order valence-electron chi connectivity index (χ4n) is 5.01. The van der Waals surface area contributed by atoms with Gasteiger partial charge in [-0.3, -0.25) is 24.0 Å². The van der Waals surface area contributed by atoms with Crippen LogP contribution in [0.4, 0.5) is 0 Å². The van der Waals surface area contributed by atoms with Crippen molar-refractivity contribution >= 4 is 48.1 Å². The quantitative estimate of drug-likeness (QED) is 0.0437. The van der Waals surface area contributed by atoms with Gasteiger partial charge in [0.15, 0.2) is 25.1 Å². The highest BCUT2D eigenvalue weighted by molar-refractivity contribution is 7.43. The van der Waals surface area contributed by atoms with E-state index in [9.17, 15) is 24.0 Å². The Hall–Kier alpha value is -6.87. The van der Waals surface area contributed by atoms with Gasteiger partial charge in [0.2, 0.25) is 5.78 Å². The van der Waals surface area contributed by atoms with Crippen molar-refractivity contribution in [1.29, 1.82) is 0 Å². The van der Waals surface area contributed by atoms with Crippen molar-refractivity contribution in [3.05, 3.63) is 173 Å². The lowest BCUT2D eigenvalue weighted by Gasteiger charge is -2.22. The van der Waals surface area contributed by atoms with Crippen LogP contribution >= 0.6 is 17.2 Å². The van der Waals surface area contributed by atoms with E-state index in [1.165, 1.54) is 31.4 Å². The number of hydrogen-bond donors (Lipinski definition) is 0. The number of methoxy groups -OCH3 is 1. The van der Waals surface area contributed by atoms with E-state index < -0.39 is 23.0 Å². The second kappa shape index (κ2) is 18.9. The monoisotopic (exact) mass is 788 g/mol. The van der Waals surface area contributed by atoms with Gasteiger partial charge >= 0.3 is 17.2 Å². The lowest BCUT2D eigenvalue weighted by molar-refractivity contribution is 0.103. The molecule has 0 spiro atoms. The van der Waals surface area contributed by atoms with Crippen molar-refractivity contribution in [3.8, 4) is 40.2 Å². The number of hydrogen-bond acceptors (Lipinski definition) is 12. The molecule has 0 N–H and O–H groups in total. The Morgan fingerprint density at radius 2 is 0.732 bits per heavy atom. The van der Waals surface area contributed by atoms with Crippen molar-refractivity contribution in [1.82, 2.24) is 0 Å². The lowest BCUT2D eigenvalue weighted by atomic mass is 10.0. The molecule has 14 heteroatoms. The molecule has 0 fully saturated rings. The minimum Gasteiger partial charge on any atom is -0.497 e. The second-order valence-electron chi connectivity index (χ2n) is 11.3. The molecule has 6 rings (SSSR count). The Bertz CT molecular complexity index is 2260. The third-order valence-electron chi connectivity index (χ3n) is 7.79. The minimum atomic E-state index is -2.50. The van der Waals surface area contributed by atoms with Gasteiger partial charge in [0, 0.05) is 6.07 Å². The van der Waals surface area contributed by atoms with Crippen molar-refractivity contribution < 1.29 is 55.9 Å². The molecule has 12 nitrogen and oxygen atoms in total. The largest absolute Gasteiger partial charge is 0.530 e. The van der Waals surface area contributed by atoms with Gasteiger partial charge in [-0.2, -0.15) is 0 Å². The number of rotatable bonds is 19. The first-order valence-electron chi connectivity index (χ1n) is 16.6. The summed E-state index contributed by atoms with van der Waals surface area (Å²) in [5.74, 6) is 0.306. The Balaban J connectivity index is 1.37. The molecule has 0 heterocycles. The minimum absolute atomic E-state index is 0.0256. The summed E-state index contributed by atoms with van der Waals surface area (Å²) in [4.78, 5) is 62.0. The normalized spacial score (nSPS) is 10.6. The summed E-state index contributed by atoms with van der Waals surface area (Å²) in [6, 6.07) is 36.5. The summed E-state index contributed by atoms with van der Waals surface area (Å²) in [7, 11) is -3.52. The smallest absolute Gasteiger partial charge is 0.497 e. The lowest BCUT2D eigenvalue weighted by Crippen LogP contribution is -2.11. The summed E-state index contributed by atoms with van der Waals surface area (Å²) in [5.41, 5.74) is 0.921. The van der Waals surface area contributed by atoms with Crippen LogP contribution in [0.25, 0.3) is 0 Å². The van der Waals surface area contributed by atoms with E-state index in [4.69, 9.17) is 31.9 Å². The predicted octanol–water partition coefficient (Wildman–Crippen LogP) is 9.70. The Morgan fingerprint density at radius 1 is 0.411 bits per heavy atom. The average Bonchev–Trinajstić information content (AvgIpc) is 3.24. The third-order valence-corrected chi connectivity index (χ3v) is 9.86.